The first-order valence-corrected chi connectivity index (χ1v) is 10.5. The molecular weight excluding hydrogens is 380 g/mol. The van der Waals surface area contributed by atoms with Crippen LogP contribution < -0.4 is 4.74 Å². The number of carbonyl (C=O) groups excluding carboxylic acids is 3. The number of imide groups is 1. The third kappa shape index (κ3) is 4.08. The Morgan fingerprint density at radius 2 is 1.67 bits per heavy atom. The van der Waals surface area contributed by atoms with Crippen LogP contribution in [0.3, 0.4) is 0 Å². The highest BCUT2D eigenvalue weighted by Gasteiger charge is 2.31. The lowest BCUT2D eigenvalue weighted by molar-refractivity contribution is -0.139. The van der Waals surface area contributed by atoms with Gasteiger partial charge in [0.25, 0.3) is 5.91 Å². The molecule has 2 aromatic carbocycles. The Labute approximate surface area is 176 Å². The molecule has 2 aliphatic heterocycles. The topological polar surface area (TPSA) is 66.9 Å². The summed E-state index contributed by atoms with van der Waals surface area (Å²) in [6.07, 6.45) is 2.49. The standard InChI is InChI=1S/C24H26N2O4/c1-2-30-20-11-9-18(10-12-20)21-4-3-15-25(21)24(29)19-7-5-17(6-8-19)16-26-22(27)13-14-23(26)28/h5-12,21H,2-4,13-16H2,1H3. The van der Waals surface area contributed by atoms with E-state index in [0.717, 1.165) is 36.3 Å². The summed E-state index contributed by atoms with van der Waals surface area (Å²) < 4.78 is 5.51. The van der Waals surface area contributed by atoms with Crippen molar-refractivity contribution in [1.82, 2.24) is 9.80 Å². The van der Waals surface area contributed by atoms with Crippen molar-refractivity contribution in [1.29, 1.82) is 0 Å². The lowest BCUT2D eigenvalue weighted by Crippen LogP contribution is -2.30. The van der Waals surface area contributed by atoms with Crippen molar-refractivity contribution in [2.24, 2.45) is 0 Å². The third-order valence-corrected chi connectivity index (χ3v) is 5.79. The summed E-state index contributed by atoms with van der Waals surface area (Å²) in [7, 11) is 0. The minimum Gasteiger partial charge on any atom is -0.494 e. The zero-order chi connectivity index (χ0) is 21.1. The zero-order valence-electron chi connectivity index (χ0n) is 17.2. The number of benzene rings is 2. The minimum atomic E-state index is -0.129. The summed E-state index contributed by atoms with van der Waals surface area (Å²) in [6.45, 7) is 3.58. The Hall–Kier alpha value is -3.15. The fourth-order valence-electron chi connectivity index (χ4n) is 4.21. The van der Waals surface area contributed by atoms with Gasteiger partial charge >= 0.3 is 0 Å². The van der Waals surface area contributed by atoms with E-state index < -0.39 is 0 Å². The highest BCUT2D eigenvalue weighted by atomic mass is 16.5. The number of amides is 3. The van der Waals surface area contributed by atoms with Crippen LogP contribution in [0.25, 0.3) is 0 Å². The lowest BCUT2D eigenvalue weighted by atomic mass is 10.0. The molecule has 6 nitrogen and oxygen atoms in total. The molecule has 2 aromatic rings. The van der Waals surface area contributed by atoms with Crippen molar-refractivity contribution < 1.29 is 19.1 Å². The lowest BCUT2D eigenvalue weighted by Gasteiger charge is -2.25. The normalized spacial score (nSPS) is 18.9. The maximum Gasteiger partial charge on any atom is 0.254 e. The van der Waals surface area contributed by atoms with Gasteiger partial charge in [0.2, 0.25) is 11.8 Å². The molecule has 30 heavy (non-hydrogen) atoms. The molecule has 156 valence electrons. The van der Waals surface area contributed by atoms with E-state index in [4.69, 9.17) is 4.74 Å². The van der Waals surface area contributed by atoms with Gasteiger partial charge in [-0.2, -0.15) is 0 Å². The van der Waals surface area contributed by atoms with Crippen molar-refractivity contribution in [2.75, 3.05) is 13.2 Å². The number of rotatable bonds is 6. The van der Waals surface area contributed by atoms with Gasteiger partial charge in [0.15, 0.2) is 0 Å². The van der Waals surface area contributed by atoms with E-state index >= 15 is 0 Å². The maximum absolute atomic E-state index is 13.1. The van der Waals surface area contributed by atoms with Crippen LogP contribution in [0.5, 0.6) is 5.75 Å². The van der Waals surface area contributed by atoms with E-state index in [0.29, 0.717) is 12.2 Å². The quantitative estimate of drug-likeness (QED) is 0.686. The molecule has 0 saturated carbocycles. The Morgan fingerprint density at radius 3 is 2.30 bits per heavy atom. The van der Waals surface area contributed by atoms with Gasteiger partial charge in [-0.15, -0.1) is 0 Å². The number of likely N-dealkylation sites (tertiary alicyclic amines) is 2. The fraction of sp³-hybridized carbons (Fsp3) is 0.375. The van der Waals surface area contributed by atoms with E-state index in [9.17, 15) is 14.4 Å². The van der Waals surface area contributed by atoms with E-state index in [-0.39, 0.29) is 43.1 Å². The van der Waals surface area contributed by atoms with Gasteiger partial charge < -0.3 is 9.64 Å². The predicted molar refractivity (Wildman–Crippen MR) is 112 cm³/mol. The van der Waals surface area contributed by atoms with Gasteiger partial charge in [0, 0.05) is 24.9 Å². The maximum atomic E-state index is 13.1. The summed E-state index contributed by atoms with van der Waals surface area (Å²) in [5.41, 5.74) is 2.59. The predicted octanol–water partition coefficient (Wildman–Crippen LogP) is 3.71. The molecule has 2 aliphatic rings. The van der Waals surface area contributed by atoms with E-state index in [1.165, 1.54) is 4.90 Å². The molecule has 6 heteroatoms. The number of ether oxygens (including phenoxy) is 1. The van der Waals surface area contributed by atoms with Gasteiger partial charge in [0.1, 0.15) is 5.75 Å². The molecular formula is C24H26N2O4. The van der Waals surface area contributed by atoms with Crippen molar-refractivity contribution in [3.8, 4) is 5.75 Å². The number of nitrogens with zero attached hydrogens (tertiary/aromatic N) is 2. The molecule has 2 fully saturated rings. The Kier molecular flexibility index (Phi) is 5.84. The monoisotopic (exact) mass is 406 g/mol. The molecule has 0 aromatic heterocycles. The second-order valence-electron chi connectivity index (χ2n) is 7.73. The first-order chi connectivity index (χ1) is 14.6. The smallest absolute Gasteiger partial charge is 0.254 e. The van der Waals surface area contributed by atoms with Gasteiger partial charge in [-0.05, 0) is 55.2 Å². The van der Waals surface area contributed by atoms with E-state index in [2.05, 4.69) is 0 Å². The van der Waals surface area contributed by atoms with Crippen molar-refractivity contribution in [2.45, 2.75) is 45.2 Å². The fourth-order valence-corrected chi connectivity index (χ4v) is 4.21. The highest BCUT2D eigenvalue weighted by molar-refractivity contribution is 6.01. The SMILES string of the molecule is CCOc1ccc(C2CCCN2C(=O)c2ccc(CN3C(=O)CCC3=O)cc2)cc1. The Morgan fingerprint density at radius 1 is 1.00 bits per heavy atom. The first kappa shape index (κ1) is 20.1. The van der Waals surface area contributed by atoms with Crippen LogP contribution in [-0.2, 0) is 16.1 Å². The van der Waals surface area contributed by atoms with Gasteiger partial charge in [-0.25, -0.2) is 0 Å². The van der Waals surface area contributed by atoms with Crippen LogP contribution in [-0.4, -0.2) is 40.7 Å². The van der Waals surface area contributed by atoms with Gasteiger partial charge in [0.05, 0.1) is 19.2 Å². The van der Waals surface area contributed by atoms with Gasteiger partial charge in [-0.1, -0.05) is 24.3 Å². The average Bonchev–Trinajstić information content (AvgIpc) is 3.37. The van der Waals surface area contributed by atoms with E-state index in [1.807, 2.05) is 48.2 Å². The summed E-state index contributed by atoms with van der Waals surface area (Å²) in [5, 5.41) is 0. The average molecular weight is 406 g/mol. The Bertz CT molecular complexity index is 921. The molecule has 3 amide bonds. The van der Waals surface area contributed by atoms with E-state index in [1.54, 1.807) is 12.1 Å². The molecule has 0 N–H and O–H groups in total. The number of hydrogen-bond acceptors (Lipinski definition) is 4. The molecule has 0 bridgehead atoms. The van der Waals surface area contributed by atoms with Crippen molar-refractivity contribution in [3.63, 3.8) is 0 Å². The third-order valence-electron chi connectivity index (χ3n) is 5.79. The van der Waals surface area contributed by atoms with Crippen LogP contribution in [0.15, 0.2) is 48.5 Å². The minimum absolute atomic E-state index is 0.00580. The highest BCUT2D eigenvalue weighted by Crippen LogP contribution is 2.34. The molecule has 0 spiro atoms. The molecule has 4 rings (SSSR count). The van der Waals surface area contributed by atoms with Crippen LogP contribution in [0.2, 0.25) is 0 Å². The number of carbonyl (C=O) groups is 3. The Balaban J connectivity index is 1.45. The van der Waals surface area contributed by atoms with Crippen molar-refractivity contribution in [3.05, 3.63) is 65.2 Å². The molecule has 1 atom stereocenters. The molecule has 0 radical (unpaired) electrons. The van der Waals surface area contributed by atoms with Crippen LogP contribution >= 0.6 is 0 Å². The zero-order valence-corrected chi connectivity index (χ0v) is 17.2. The number of hydrogen-bond donors (Lipinski definition) is 0. The van der Waals surface area contributed by atoms with Crippen LogP contribution in [0.4, 0.5) is 0 Å². The first-order valence-electron chi connectivity index (χ1n) is 10.5. The summed E-state index contributed by atoms with van der Waals surface area (Å²) >= 11 is 0. The summed E-state index contributed by atoms with van der Waals surface area (Å²) in [5.74, 6) is 0.583. The molecule has 2 saturated heterocycles. The second kappa shape index (κ2) is 8.69. The van der Waals surface area contributed by atoms with Crippen molar-refractivity contribution >= 4 is 17.7 Å². The van der Waals surface area contributed by atoms with Crippen LogP contribution in [0.1, 0.15) is 60.1 Å². The molecule has 2 heterocycles. The summed E-state index contributed by atoms with van der Waals surface area (Å²) in [6, 6.07) is 15.3. The largest absolute Gasteiger partial charge is 0.494 e. The van der Waals surface area contributed by atoms with Gasteiger partial charge in [-0.3, -0.25) is 19.3 Å². The summed E-state index contributed by atoms with van der Waals surface area (Å²) in [4.78, 5) is 40.0. The molecule has 1 unspecified atom stereocenters. The van der Waals surface area contributed by atoms with Crippen LogP contribution in [0, 0.1) is 0 Å². The molecule has 0 aliphatic carbocycles. The second-order valence-corrected chi connectivity index (χ2v) is 7.73.